The molecule has 2 aromatic heterocycles. The van der Waals surface area contributed by atoms with E-state index in [9.17, 15) is 4.79 Å². The van der Waals surface area contributed by atoms with Crippen LogP contribution in [0.2, 0.25) is 0 Å². The molecule has 0 saturated heterocycles. The minimum atomic E-state index is 0.242. The SMILES string of the molecule is CC(C)CN(C(=O)Cc1csc2nc(-c3ccccc3)cn12)C1CC1. The number of amides is 1. The van der Waals surface area contributed by atoms with E-state index < -0.39 is 0 Å². The number of aromatic nitrogens is 2. The highest BCUT2D eigenvalue weighted by Crippen LogP contribution is 2.29. The molecule has 1 aromatic carbocycles. The number of benzene rings is 1. The van der Waals surface area contributed by atoms with Crippen molar-refractivity contribution in [1.82, 2.24) is 14.3 Å². The molecule has 1 fully saturated rings. The lowest BCUT2D eigenvalue weighted by Gasteiger charge is -2.24. The molecule has 3 aromatic rings. The number of nitrogens with zero attached hydrogens (tertiary/aromatic N) is 3. The summed E-state index contributed by atoms with van der Waals surface area (Å²) >= 11 is 1.60. The van der Waals surface area contributed by atoms with Crippen molar-refractivity contribution in [3.63, 3.8) is 0 Å². The number of hydrogen-bond donors (Lipinski definition) is 0. The Kier molecular flexibility index (Phi) is 4.34. The fourth-order valence-corrected chi connectivity index (χ4v) is 4.07. The van der Waals surface area contributed by atoms with Gasteiger partial charge in [-0.2, -0.15) is 0 Å². The summed E-state index contributed by atoms with van der Waals surface area (Å²) in [6.45, 7) is 5.21. The lowest BCUT2D eigenvalue weighted by molar-refractivity contribution is -0.131. The van der Waals surface area contributed by atoms with Gasteiger partial charge >= 0.3 is 0 Å². The van der Waals surface area contributed by atoms with E-state index in [1.54, 1.807) is 11.3 Å². The third-order valence-electron chi connectivity index (χ3n) is 4.56. The van der Waals surface area contributed by atoms with Crippen molar-refractivity contribution in [3.8, 4) is 11.3 Å². The van der Waals surface area contributed by atoms with Crippen LogP contribution in [0, 0.1) is 5.92 Å². The Labute approximate surface area is 152 Å². The highest BCUT2D eigenvalue weighted by molar-refractivity contribution is 7.15. The number of thiazole rings is 1. The van der Waals surface area contributed by atoms with Crippen LogP contribution in [0.25, 0.3) is 16.2 Å². The molecule has 1 saturated carbocycles. The number of rotatable bonds is 6. The second-order valence-corrected chi connectivity index (χ2v) is 8.06. The van der Waals surface area contributed by atoms with Crippen LogP contribution in [0.1, 0.15) is 32.4 Å². The van der Waals surface area contributed by atoms with E-state index in [1.165, 1.54) is 0 Å². The standard InChI is InChI=1S/C20H23N3OS/c1-14(2)11-22(16-8-9-16)19(24)10-17-13-25-20-21-18(12-23(17)20)15-6-4-3-5-7-15/h3-7,12-14,16H,8-11H2,1-2H3. The Hall–Kier alpha value is -2.14. The second kappa shape index (κ2) is 6.64. The van der Waals surface area contributed by atoms with Crippen LogP contribution in [0.4, 0.5) is 0 Å². The quantitative estimate of drug-likeness (QED) is 0.664. The molecule has 0 radical (unpaired) electrons. The second-order valence-electron chi connectivity index (χ2n) is 7.22. The third kappa shape index (κ3) is 3.47. The number of carbonyl (C=O) groups is 1. The van der Waals surface area contributed by atoms with Gasteiger partial charge in [0.25, 0.3) is 0 Å². The lowest BCUT2D eigenvalue weighted by Crippen LogP contribution is -2.37. The highest BCUT2D eigenvalue weighted by atomic mass is 32.1. The zero-order chi connectivity index (χ0) is 17.4. The van der Waals surface area contributed by atoms with E-state index in [0.29, 0.717) is 18.4 Å². The van der Waals surface area contributed by atoms with Gasteiger partial charge < -0.3 is 4.90 Å². The summed E-state index contributed by atoms with van der Waals surface area (Å²) in [5.41, 5.74) is 3.10. The largest absolute Gasteiger partial charge is 0.339 e. The molecule has 4 nitrogen and oxygen atoms in total. The van der Waals surface area contributed by atoms with Crippen LogP contribution < -0.4 is 0 Å². The van der Waals surface area contributed by atoms with Crippen molar-refractivity contribution in [2.45, 2.75) is 39.2 Å². The monoisotopic (exact) mass is 353 g/mol. The maximum Gasteiger partial charge on any atom is 0.228 e. The van der Waals surface area contributed by atoms with Gasteiger partial charge in [-0.15, -0.1) is 11.3 Å². The first-order valence-corrected chi connectivity index (χ1v) is 9.80. The Bertz CT molecular complexity index is 877. The highest BCUT2D eigenvalue weighted by Gasteiger charge is 2.33. The molecule has 0 atom stereocenters. The number of hydrogen-bond acceptors (Lipinski definition) is 3. The van der Waals surface area contributed by atoms with E-state index in [4.69, 9.17) is 4.98 Å². The molecule has 0 unspecified atom stereocenters. The first-order chi connectivity index (χ1) is 12.1. The minimum absolute atomic E-state index is 0.242. The first-order valence-electron chi connectivity index (χ1n) is 8.92. The molecule has 0 aliphatic heterocycles. The zero-order valence-electron chi connectivity index (χ0n) is 14.7. The van der Waals surface area contributed by atoms with Gasteiger partial charge in [0.15, 0.2) is 4.96 Å². The van der Waals surface area contributed by atoms with E-state index in [1.807, 2.05) is 24.4 Å². The van der Waals surface area contributed by atoms with Crippen molar-refractivity contribution < 1.29 is 4.79 Å². The lowest BCUT2D eigenvalue weighted by atomic mass is 10.2. The topological polar surface area (TPSA) is 37.6 Å². The summed E-state index contributed by atoms with van der Waals surface area (Å²) in [7, 11) is 0. The van der Waals surface area contributed by atoms with Gasteiger partial charge in [-0.3, -0.25) is 9.20 Å². The molecule has 0 bridgehead atoms. The van der Waals surface area contributed by atoms with Crippen LogP contribution >= 0.6 is 11.3 Å². The van der Waals surface area contributed by atoms with Crippen LogP contribution in [-0.2, 0) is 11.2 Å². The fourth-order valence-electron chi connectivity index (χ4n) is 3.20. The van der Waals surface area contributed by atoms with E-state index in [2.05, 4.69) is 40.7 Å². The van der Waals surface area contributed by atoms with Crippen molar-refractivity contribution in [1.29, 1.82) is 0 Å². The molecular formula is C20H23N3OS. The molecular weight excluding hydrogens is 330 g/mol. The van der Waals surface area contributed by atoms with Gasteiger partial charge in [0.1, 0.15) is 0 Å². The van der Waals surface area contributed by atoms with Gasteiger partial charge in [0, 0.05) is 35.4 Å². The van der Waals surface area contributed by atoms with Gasteiger partial charge in [-0.25, -0.2) is 4.98 Å². The molecule has 2 heterocycles. The molecule has 4 rings (SSSR count). The maximum atomic E-state index is 12.8. The van der Waals surface area contributed by atoms with Gasteiger partial charge in [-0.1, -0.05) is 44.2 Å². The molecule has 0 N–H and O–H groups in total. The van der Waals surface area contributed by atoms with Crippen LogP contribution in [0.5, 0.6) is 0 Å². The summed E-state index contributed by atoms with van der Waals surface area (Å²) in [5, 5.41) is 2.06. The van der Waals surface area contributed by atoms with Crippen molar-refractivity contribution in [3.05, 3.63) is 47.6 Å². The molecule has 1 aliphatic rings. The fraction of sp³-hybridized carbons (Fsp3) is 0.400. The van der Waals surface area contributed by atoms with E-state index >= 15 is 0 Å². The Morgan fingerprint density at radius 1 is 1.32 bits per heavy atom. The van der Waals surface area contributed by atoms with Gasteiger partial charge in [0.2, 0.25) is 5.91 Å². The number of carbonyl (C=O) groups excluding carboxylic acids is 1. The number of fused-ring (bicyclic) bond motifs is 1. The summed E-state index contributed by atoms with van der Waals surface area (Å²) < 4.78 is 2.07. The number of imidazole rings is 1. The molecule has 0 spiro atoms. The summed E-state index contributed by atoms with van der Waals surface area (Å²) in [4.78, 5) is 20.6. The third-order valence-corrected chi connectivity index (χ3v) is 5.44. The van der Waals surface area contributed by atoms with Crippen molar-refractivity contribution >= 4 is 22.2 Å². The van der Waals surface area contributed by atoms with Crippen molar-refractivity contribution in [2.24, 2.45) is 5.92 Å². The normalized spacial score (nSPS) is 14.4. The maximum absolute atomic E-state index is 12.8. The zero-order valence-corrected chi connectivity index (χ0v) is 15.5. The average molecular weight is 353 g/mol. The molecule has 130 valence electrons. The predicted octanol–water partition coefficient (Wildman–Crippen LogP) is 4.25. The molecule has 25 heavy (non-hydrogen) atoms. The summed E-state index contributed by atoms with van der Waals surface area (Å²) in [6, 6.07) is 10.6. The van der Waals surface area contributed by atoms with Crippen LogP contribution in [-0.4, -0.2) is 32.8 Å². The van der Waals surface area contributed by atoms with Gasteiger partial charge in [0.05, 0.1) is 12.1 Å². The predicted molar refractivity (Wildman–Crippen MR) is 102 cm³/mol. The van der Waals surface area contributed by atoms with Crippen LogP contribution in [0.3, 0.4) is 0 Å². The van der Waals surface area contributed by atoms with Gasteiger partial charge in [-0.05, 0) is 18.8 Å². The smallest absolute Gasteiger partial charge is 0.228 e. The first kappa shape index (κ1) is 16.3. The summed E-state index contributed by atoms with van der Waals surface area (Å²) in [5.74, 6) is 0.746. The van der Waals surface area contributed by atoms with E-state index in [0.717, 1.165) is 41.3 Å². The summed E-state index contributed by atoms with van der Waals surface area (Å²) in [6.07, 6.45) is 4.81. The Balaban J connectivity index is 1.57. The molecule has 5 heteroatoms. The minimum Gasteiger partial charge on any atom is -0.339 e. The Morgan fingerprint density at radius 3 is 2.76 bits per heavy atom. The van der Waals surface area contributed by atoms with E-state index in [-0.39, 0.29) is 5.91 Å². The Morgan fingerprint density at radius 2 is 2.08 bits per heavy atom. The van der Waals surface area contributed by atoms with Crippen molar-refractivity contribution in [2.75, 3.05) is 6.54 Å². The molecule has 1 aliphatic carbocycles. The van der Waals surface area contributed by atoms with Crippen LogP contribution in [0.15, 0.2) is 41.9 Å². The molecule has 1 amide bonds. The average Bonchev–Trinajstić information content (AvgIpc) is 3.25.